The first-order chi connectivity index (χ1) is 60.5. The molecule has 8 N–H and O–H groups in total. The van der Waals surface area contributed by atoms with Crippen molar-refractivity contribution < 1.29 is 191 Å². The van der Waals surface area contributed by atoms with E-state index in [4.69, 9.17) is 114 Å². The lowest BCUT2D eigenvalue weighted by atomic mass is 9.96. The third-order valence-corrected chi connectivity index (χ3v) is 17.8. The van der Waals surface area contributed by atoms with E-state index in [-0.39, 0.29) is 184 Å². The minimum absolute atomic E-state index is 0.000342. The predicted molar refractivity (Wildman–Crippen MR) is 425 cm³/mol. The molecule has 16 unspecified atom stereocenters. The molecule has 0 aliphatic carbocycles. The molecule has 0 bridgehead atoms. The zero-order valence-electron chi connectivity index (χ0n) is 72.8. The quantitative estimate of drug-likeness (QED) is 0.0141. The van der Waals surface area contributed by atoms with Gasteiger partial charge in [-0.15, -0.1) is 0 Å². The van der Waals surface area contributed by atoms with Crippen LogP contribution in [-0.4, -0.2) is 370 Å². The standard InChI is InChI=1S/C80H126N6O40/c1-50(89)83-70-75(122-57(8)96)73(120-55(6)94)64(44-112-49-88)125-79(70)114-39-36-107-28-25-105-31-34-111-48-68(100)85-60(19-13-15-21-81-66(98)46-109-33-30-104-24-27-108-37-40-115-80-71(84-51(2)90)76(123-58(9)97)74(121-56(7)95)65(126-80)45-116-52(3)91)77(101)86-61(78(102)117-43-59-17-11-10-12-18-59)20-14-16-22-82-67(99)47-110-32-29-103-23-26-106-35-38-113-69-41-62(118-53(4)92)72(119-54(5)93)63(42-87)124-69/h10-12,17-18,60-65,69-76,79-80,87-88H,13-16,19-49H2,1-9H3,(H,81,98)(H,82,99)(H,83,89)(H,84,90)(H,85,100)(H,86,101). The van der Waals surface area contributed by atoms with Crippen LogP contribution in [-0.2, 0) is 187 Å². The zero-order valence-corrected chi connectivity index (χ0v) is 72.8. The van der Waals surface area contributed by atoms with E-state index in [1.54, 1.807) is 30.3 Å². The summed E-state index contributed by atoms with van der Waals surface area (Å²) in [7, 11) is 0. The molecule has 0 radical (unpaired) electrons. The minimum Gasteiger partial charge on any atom is -0.463 e. The number of aliphatic hydroxyl groups is 2. The summed E-state index contributed by atoms with van der Waals surface area (Å²) in [5.74, 6) is -9.09. The summed E-state index contributed by atoms with van der Waals surface area (Å²) < 4.78 is 133. The molecule has 1 aromatic rings. The van der Waals surface area contributed by atoms with Crippen molar-refractivity contribution in [2.24, 2.45) is 0 Å². The molecule has 126 heavy (non-hydrogen) atoms. The van der Waals surface area contributed by atoms with E-state index < -0.39 is 208 Å². The van der Waals surface area contributed by atoms with Gasteiger partial charge in [0, 0.05) is 81.8 Å². The van der Waals surface area contributed by atoms with Crippen LogP contribution >= 0.6 is 0 Å². The third-order valence-electron chi connectivity index (χ3n) is 17.8. The topological polar surface area (TPSA) is 573 Å². The van der Waals surface area contributed by atoms with Crippen LogP contribution in [0.4, 0.5) is 0 Å². The molecular weight excluding hydrogens is 1680 g/mol. The van der Waals surface area contributed by atoms with Crippen LogP contribution in [0.15, 0.2) is 30.3 Å². The number of rotatable bonds is 66. The maximum Gasteiger partial charge on any atom is 0.328 e. The summed E-state index contributed by atoms with van der Waals surface area (Å²) >= 11 is 0. The van der Waals surface area contributed by atoms with Crippen molar-refractivity contribution in [1.82, 2.24) is 31.9 Å². The first kappa shape index (κ1) is 109. The fourth-order valence-electron chi connectivity index (χ4n) is 12.5. The Morgan fingerprint density at radius 3 is 1.21 bits per heavy atom. The Balaban J connectivity index is 1.25. The van der Waals surface area contributed by atoms with Crippen LogP contribution in [0.1, 0.15) is 113 Å². The maximum absolute atomic E-state index is 14.3. The van der Waals surface area contributed by atoms with Crippen molar-refractivity contribution in [3.8, 4) is 0 Å². The summed E-state index contributed by atoms with van der Waals surface area (Å²) in [6.07, 6.45) is -12.3. The monoisotopic (exact) mass is 1810 g/mol. The Morgan fingerprint density at radius 2 is 0.786 bits per heavy atom. The molecule has 0 aromatic heterocycles. The fraction of sp³-hybridized carbons (Fsp3) is 0.750. The van der Waals surface area contributed by atoms with Gasteiger partial charge >= 0.3 is 47.8 Å². The number of carbonyl (C=O) groups excluding carboxylic acids is 14. The van der Waals surface area contributed by atoms with Gasteiger partial charge in [-0.25, -0.2) is 4.79 Å². The van der Waals surface area contributed by atoms with Crippen LogP contribution in [0, 0.1) is 0 Å². The molecule has 3 aliphatic heterocycles. The summed E-state index contributed by atoms with van der Waals surface area (Å²) in [6.45, 7) is 8.57. The van der Waals surface area contributed by atoms with E-state index in [0.717, 1.165) is 34.6 Å². The number of benzene rings is 1. The van der Waals surface area contributed by atoms with Gasteiger partial charge in [-0.3, -0.25) is 62.3 Å². The van der Waals surface area contributed by atoms with E-state index in [2.05, 4.69) is 31.9 Å². The van der Waals surface area contributed by atoms with Gasteiger partial charge in [0.25, 0.3) is 0 Å². The van der Waals surface area contributed by atoms with Crippen molar-refractivity contribution >= 4 is 83.2 Å². The van der Waals surface area contributed by atoms with Crippen molar-refractivity contribution in [2.75, 3.05) is 178 Å². The Labute approximate surface area is 729 Å². The van der Waals surface area contributed by atoms with Crippen LogP contribution in [0.3, 0.4) is 0 Å². The van der Waals surface area contributed by atoms with E-state index in [1.165, 1.54) is 27.7 Å². The molecule has 3 aliphatic rings. The number of unbranched alkanes of at least 4 members (excludes halogenated alkanes) is 2. The molecule has 46 heteroatoms. The maximum atomic E-state index is 14.3. The Hall–Kier alpha value is -8.92. The highest BCUT2D eigenvalue weighted by molar-refractivity contribution is 5.91. The predicted octanol–water partition coefficient (Wildman–Crippen LogP) is -2.84. The molecule has 4 rings (SSSR count). The fourth-order valence-corrected chi connectivity index (χ4v) is 12.5. The Kier molecular flexibility index (Phi) is 56.2. The minimum atomic E-state index is -1.30. The molecule has 6 amide bonds. The summed E-state index contributed by atoms with van der Waals surface area (Å²) in [6, 6.07) is 4.06. The van der Waals surface area contributed by atoms with Gasteiger partial charge in [0.05, 0.1) is 132 Å². The van der Waals surface area contributed by atoms with Gasteiger partial charge in [-0.2, -0.15) is 0 Å². The summed E-state index contributed by atoms with van der Waals surface area (Å²) in [5.41, 5.74) is 0.674. The second-order valence-corrected chi connectivity index (χ2v) is 28.3. The number of carbonyl (C=O) groups is 14. The van der Waals surface area contributed by atoms with Crippen molar-refractivity contribution in [3.05, 3.63) is 35.9 Å². The normalized spacial score (nSPS) is 21.9. The summed E-state index contributed by atoms with van der Waals surface area (Å²) in [5, 5.41) is 35.3. The van der Waals surface area contributed by atoms with Crippen LogP contribution < -0.4 is 31.9 Å². The van der Waals surface area contributed by atoms with Crippen molar-refractivity contribution in [3.63, 3.8) is 0 Å². The van der Waals surface area contributed by atoms with Gasteiger partial charge in [0.1, 0.15) is 88.4 Å². The van der Waals surface area contributed by atoms with Crippen molar-refractivity contribution in [2.45, 2.75) is 212 Å². The molecule has 0 spiro atoms. The number of esters is 8. The second-order valence-electron chi connectivity index (χ2n) is 28.3. The molecule has 16 atom stereocenters. The molecule has 1 aromatic carbocycles. The van der Waals surface area contributed by atoms with Gasteiger partial charge in [0.2, 0.25) is 35.4 Å². The van der Waals surface area contributed by atoms with Crippen LogP contribution in [0.2, 0.25) is 0 Å². The molecular formula is C80H126N6O40. The zero-order chi connectivity index (χ0) is 92.4. The first-order valence-corrected chi connectivity index (χ1v) is 41.3. The highest BCUT2D eigenvalue weighted by Gasteiger charge is 2.53. The number of ether oxygens (including phenoxy) is 24. The van der Waals surface area contributed by atoms with E-state index >= 15 is 0 Å². The number of amides is 6. The number of nitrogens with one attached hydrogen (secondary N) is 6. The first-order valence-electron chi connectivity index (χ1n) is 41.3. The van der Waals surface area contributed by atoms with Crippen LogP contribution in [0.5, 0.6) is 0 Å². The molecule has 0 saturated carbocycles. The largest absolute Gasteiger partial charge is 0.463 e. The molecule has 3 heterocycles. The summed E-state index contributed by atoms with van der Waals surface area (Å²) in [4.78, 5) is 175. The Morgan fingerprint density at radius 1 is 0.389 bits per heavy atom. The SMILES string of the molecule is CC(=O)NC1C(OCCOCCOCCOCC(=O)NC(CCCCNC(=O)COCCOCCOCCOC2OC(COC(C)=O)C(OC(C)=O)C(OC(C)=O)C2NC(C)=O)C(=O)NC(CCCCNC(=O)COCCOCCOCCOC2CC(OC(C)=O)C(OC(C)=O)C(CO)O2)C(=O)OCc2ccccc2)OC(COCO)C(OC(C)=O)C1OC(C)=O. The molecule has 46 nitrogen and oxygen atoms in total. The molecule has 3 saturated heterocycles. The van der Waals surface area contributed by atoms with E-state index in [1.807, 2.05) is 0 Å². The lowest BCUT2D eigenvalue weighted by Crippen LogP contribution is -2.66. The van der Waals surface area contributed by atoms with Gasteiger partial charge in [0.15, 0.2) is 49.4 Å². The number of hydrogen-bond donors (Lipinski definition) is 8. The van der Waals surface area contributed by atoms with Crippen LogP contribution in [0.25, 0.3) is 0 Å². The van der Waals surface area contributed by atoms with Crippen molar-refractivity contribution in [1.29, 1.82) is 0 Å². The van der Waals surface area contributed by atoms with Gasteiger partial charge in [-0.05, 0) is 44.1 Å². The highest BCUT2D eigenvalue weighted by atomic mass is 16.7. The Bertz CT molecular complexity index is 3410. The lowest BCUT2D eigenvalue weighted by molar-refractivity contribution is -0.282. The third kappa shape index (κ3) is 47.8. The highest BCUT2D eigenvalue weighted by Crippen LogP contribution is 2.31. The van der Waals surface area contributed by atoms with Gasteiger partial charge in [-0.1, -0.05) is 30.3 Å². The average Bonchev–Trinajstić information content (AvgIpc) is 0.790. The second kappa shape index (κ2) is 64.8. The van der Waals surface area contributed by atoms with Gasteiger partial charge < -0.3 is 156 Å². The number of hydrogen-bond acceptors (Lipinski definition) is 40. The van der Waals surface area contributed by atoms with E-state index in [9.17, 15) is 77.3 Å². The average molecular weight is 1810 g/mol. The molecule has 3 fully saturated rings. The smallest absolute Gasteiger partial charge is 0.328 e. The lowest BCUT2D eigenvalue weighted by Gasteiger charge is -2.45. The van der Waals surface area contributed by atoms with E-state index in [0.29, 0.717) is 24.8 Å². The molecule has 716 valence electrons. The number of aliphatic hydroxyl groups excluding tert-OH is 2.